The van der Waals surface area contributed by atoms with Gasteiger partial charge in [0.2, 0.25) is 5.88 Å². The molecule has 0 unspecified atom stereocenters. The highest BCUT2D eigenvalue weighted by molar-refractivity contribution is 5.58. The maximum atomic E-state index is 6.39. The Kier molecular flexibility index (Phi) is 5.40. The van der Waals surface area contributed by atoms with Crippen LogP contribution in [0.4, 0.5) is 0 Å². The highest BCUT2D eigenvalue weighted by atomic mass is 16.5. The van der Waals surface area contributed by atoms with Crippen LogP contribution in [-0.4, -0.2) is 44.0 Å². The van der Waals surface area contributed by atoms with Gasteiger partial charge in [-0.1, -0.05) is 41.6 Å². The van der Waals surface area contributed by atoms with Gasteiger partial charge in [-0.25, -0.2) is 4.98 Å². The van der Waals surface area contributed by atoms with Crippen LogP contribution in [0, 0.1) is 11.8 Å². The van der Waals surface area contributed by atoms with E-state index in [1.54, 1.807) is 6.20 Å². The quantitative estimate of drug-likeness (QED) is 0.440. The Balaban J connectivity index is 1.16. The Morgan fingerprint density at radius 3 is 2.58 bits per heavy atom. The third-order valence-corrected chi connectivity index (χ3v) is 6.94. The molecule has 2 aliphatic rings. The van der Waals surface area contributed by atoms with Gasteiger partial charge < -0.3 is 9.26 Å². The van der Waals surface area contributed by atoms with Crippen LogP contribution in [0.5, 0.6) is 5.88 Å². The lowest BCUT2D eigenvalue weighted by Gasteiger charge is -2.37. The van der Waals surface area contributed by atoms with Gasteiger partial charge in [0.1, 0.15) is 11.8 Å². The number of benzene rings is 1. The van der Waals surface area contributed by atoms with Gasteiger partial charge in [0.15, 0.2) is 5.76 Å². The van der Waals surface area contributed by atoms with Crippen molar-refractivity contribution in [3.63, 3.8) is 0 Å². The second-order valence-corrected chi connectivity index (χ2v) is 9.11. The van der Waals surface area contributed by atoms with Crippen molar-refractivity contribution in [2.75, 3.05) is 13.1 Å². The molecule has 1 aromatic carbocycles. The molecule has 4 heterocycles. The average molecular weight is 442 g/mol. The first-order chi connectivity index (χ1) is 16.3. The summed E-state index contributed by atoms with van der Waals surface area (Å²) in [7, 11) is 0. The lowest BCUT2D eigenvalue weighted by atomic mass is 9.77. The van der Waals surface area contributed by atoms with Crippen LogP contribution in [0.3, 0.4) is 0 Å². The van der Waals surface area contributed by atoms with E-state index in [4.69, 9.17) is 9.26 Å². The van der Waals surface area contributed by atoms with Gasteiger partial charge in [0.25, 0.3) is 0 Å². The molecule has 0 amide bonds. The van der Waals surface area contributed by atoms with Crippen molar-refractivity contribution in [2.45, 2.75) is 31.5 Å². The molecule has 4 aromatic rings. The van der Waals surface area contributed by atoms with Gasteiger partial charge in [-0.2, -0.15) is 5.10 Å². The molecule has 1 aliphatic heterocycles. The summed E-state index contributed by atoms with van der Waals surface area (Å²) in [5.74, 6) is 2.79. The van der Waals surface area contributed by atoms with Crippen LogP contribution in [0.15, 0.2) is 83.8 Å². The van der Waals surface area contributed by atoms with Gasteiger partial charge in [-0.15, -0.1) is 0 Å². The summed E-state index contributed by atoms with van der Waals surface area (Å²) in [5, 5.41) is 8.83. The van der Waals surface area contributed by atoms with E-state index in [0.29, 0.717) is 17.7 Å². The number of ether oxygens (including phenoxy) is 1. The summed E-state index contributed by atoms with van der Waals surface area (Å²) < 4.78 is 14.1. The van der Waals surface area contributed by atoms with Gasteiger partial charge in [0.05, 0.1) is 12.6 Å². The van der Waals surface area contributed by atoms with Crippen molar-refractivity contribution in [3.05, 3.63) is 85.0 Å². The summed E-state index contributed by atoms with van der Waals surface area (Å²) >= 11 is 0. The third kappa shape index (κ3) is 4.28. The topological polar surface area (TPSA) is 69.2 Å². The zero-order valence-corrected chi connectivity index (χ0v) is 18.4. The molecule has 1 aliphatic carbocycles. The van der Waals surface area contributed by atoms with Gasteiger partial charge in [0, 0.05) is 49.4 Å². The molecular formula is C26H27N5O2. The van der Waals surface area contributed by atoms with Gasteiger partial charge in [-0.3, -0.25) is 9.58 Å². The molecular weight excluding hydrogens is 414 g/mol. The lowest BCUT2D eigenvalue weighted by Crippen LogP contribution is -2.40. The lowest BCUT2D eigenvalue weighted by molar-refractivity contribution is 0.0459. The fourth-order valence-electron chi connectivity index (χ4n) is 5.42. The fourth-order valence-corrected chi connectivity index (χ4v) is 5.42. The van der Waals surface area contributed by atoms with E-state index in [-0.39, 0.29) is 12.1 Å². The van der Waals surface area contributed by atoms with E-state index in [1.807, 2.05) is 54.9 Å². The van der Waals surface area contributed by atoms with E-state index < -0.39 is 0 Å². The third-order valence-electron chi connectivity index (χ3n) is 6.94. The minimum Gasteiger partial charge on any atom is -0.472 e. The molecule has 2 fully saturated rings. The van der Waals surface area contributed by atoms with Crippen LogP contribution in [0.25, 0.3) is 11.3 Å². The minimum absolute atomic E-state index is 0.0518. The predicted octanol–water partition coefficient (Wildman–Crippen LogP) is 4.46. The normalized spacial score (nSPS) is 25.1. The maximum Gasteiger partial charge on any atom is 0.213 e. The molecule has 0 radical (unpaired) electrons. The zero-order chi connectivity index (χ0) is 22.0. The molecule has 168 valence electrons. The van der Waals surface area contributed by atoms with Crippen molar-refractivity contribution in [1.82, 2.24) is 24.8 Å². The Morgan fingerprint density at radius 1 is 0.939 bits per heavy atom. The summed E-state index contributed by atoms with van der Waals surface area (Å²) in [4.78, 5) is 6.88. The second-order valence-electron chi connectivity index (χ2n) is 9.11. The SMILES string of the molecule is c1ccc(-c2cc(CN3C[C@H]4C[C@H](Oc5ccccn5)[C@@H](n5cccn5)C[C@H]4C3)on2)cc1. The Morgan fingerprint density at radius 2 is 1.79 bits per heavy atom. The number of fused-ring (bicyclic) bond motifs is 1. The molecule has 33 heavy (non-hydrogen) atoms. The van der Waals surface area contributed by atoms with E-state index in [1.165, 1.54) is 0 Å². The highest BCUT2D eigenvalue weighted by Gasteiger charge is 2.44. The number of nitrogens with zero attached hydrogens (tertiary/aromatic N) is 5. The second kappa shape index (κ2) is 8.83. The number of aromatic nitrogens is 4. The van der Waals surface area contributed by atoms with Crippen molar-refractivity contribution in [2.24, 2.45) is 11.8 Å². The van der Waals surface area contributed by atoms with Gasteiger partial charge in [-0.05, 0) is 36.8 Å². The van der Waals surface area contributed by atoms with Crippen molar-refractivity contribution in [3.8, 4) is 17.1 Å². The first-order valence-corrected chi connectivity index (χ1v) is 11.6. The number of hydrogen-bond donors (Lipinski definition) is 0. The van der Waals surface area contributed by atoms with Crippen LogP contribution in [0.1, 0.15) is 24.6 Å². The first kappa shape index (κ1) is 20.2. The Hall–Kier alpha value is -3.45. The number of likely N-dealkylation sites (tertiary alicyclic amines) is 1. The van der Waals surface area contributed by atoms with Crippen LogP contribution in [0.2, 0.25) is 0 Å². The molecule has 4 atom stereocenters. The Bertz CT molecular complexity index is 1160. The molecule has 7 heteroatoms. The largest absolute Gasteiger partial charge is 0.472 e. The summed E-state index contributed by atoms with van der Waals surface area (Å²) in [6.45, 7) is 2.88. The number of hydrogen-bond acceptors (Lipinski definition) is 6. The predicted molar refractivity (Wildman–Crippen MR) is 123 cm³/mol. The molecule has 3 aromatic heterocycles. The van der Waals surface area contributed by atoms with Crippen molar-refractivity contribution in [1.29, 1.82) is 0 Å². The van der Waals surface area contributed by atoms with Crippen LogP contribution >= 0.6 is 0 Å². The van der Waals surface area contributed by atoms with Crippen molar-refractivity contribution >= 4 is 0 Å². The van der Waals surface area contributed by atoms with Crippen LogP contribution in [-0.2, 0) is 6.54 Å². The smallest absolute Gasteiger partial charge is 0.213 e. The van der Waals surface area contributed by atoms with E-state index >= 15 is 0 Å². The minimum atomic E-state index is 0.0518. The average Bonchev–Trinajstić information content (AvgIpc) is 3.61. The molecule has 7 nitrogen and oxygen atoms in total. The van der Waals surface area contributed by atoms with Gasteiger partial charge >= 0.3 is 0 Å². The molecule has 0 bridgehead atoms. The Labute approximate surface area is 193 Å². The first-order valence-electron chi connectivity index (χ1n) is 11.6. The fraction of sp³-hybridized carbons (Fsp3) is 0.346. The van der Waals surface area contributed by atoms with Crippen molar-refractivity contribution < 1.29 is 9.26 Å². The monoisotopic (exact) mass is 441 g/mol. The van der Waals surface area contributed by atoms with E-state index in [2.05, 4.69) is 43.0 Å². The molecule has 0 N–H and O–H groups in total. The molecule has 1 saturated carbocycles. The summed E-state index contributed by atoms with van der Waals surface area (Å²) in [6, 6.07) is 20.2. The van der Waals surface area contributed by atoms with Crippen LogP contribution < -0.4 is 4.74 Å². The standard InChI is InChI=1S/C26H27N5O2/c1-2-7-19(8-3-1)23-15-22(33-29-23)18-30-16-20-13-24(31-12-6-11-28-31)25(14-21(20)17-30)32-26-9-4-5-10-27-26/h1-12,15,20-21,24-25H,13-14,16-18H2/t20-,21+,24-,25-/m0/s1. The summed E-state index contributed by atoms with van der Waals surface area (Å²) in [6.07, 6.45) is 7.77. The number of rotatable bonds is 6. The number of pyridine rings is 1. The van der Waals surface area contributed by atoms with E-state index in [9.17, 15) is 0 Å². The summed E-state index contributed by atoms with van der Waals surface area (Å²) in [5.41, 5.74) is 1.98. The molecule has 0 spiro atoms. The molecule has 1 saturated heterocycles. The highest BCUT2D eigenvalue weighted by Crippen LogP contribution is 2.42. The zero-order valence-electron chi connectivity index (χ0n) is 18.4. The van der Waals surface area contributed by atoms with E-state index in [0.717, 1.165) is 49.5 Å². The maximum absolute atomic E-state index is 6.39. The molecule has 6 rings (SSSR count).